The lowest BCUT2D eigenvalue weighted by atomic mass is 10.0. The van der Waals surface area contributed by atoms with Gasteiger partial charge in [-0.2, -0.15) is 9.49 Å². The number of hydrogen-bond donors (Lipinski definition) is 3. The van der Waals surface area contributed by atoms with Crippen molar-refractivity contribution in [2.24, 2.45) is 0 Å². The molecule has 3 unspecified atom stereocenters. The zero-order chi connectivity index (χ0) is 24.4. The molecular formula is C24H28F3N5O2. The number of likely N-dealkylation sites (tertiary alicyclic amines) is 1. The molecule has 0 radical (unpaired) electrons. The zero-order valence-corrected chi connectivity index (χ0v) is 19.0. The third-order valence-corrected chi connectivity index (χ3v) is 6.11. The molecule has 1 fully saturated rings. The van der Waals surface area contributed by atoms with Crippen LogP contribution in [0.2, 0.25) is 0 Å². The van der Waals surface area contributed by atoms with Gasteiger partial charge in [0.25, 0.3) is 0 Å². The van der Waals surface area contributed by atoms with Gasteiger partial charge < -0.3 is 15.5 Å². The van der Waals surface area contributed by atoms with Gasteiger partial charge in [0.2, 0.25) is 5.95 Å². The molecule has 3 atom stereocenters. The molecule has 4 rings (SSSR count). The SMILES string of the molecule is Cc1cc(-n2cc(-c3cc(NC4CCN(CC(O)CO)CC4F)cnc3F)cn2)c(C)cc1F. The van der Waals surface area contributed by atoms with Crippen molar-refractivity contribution in [1.29, 1.82) is 0 Å². The maximum atomic E-state index is 14.7. The maximum absolute atomic E-state index is 14.7. The fraction of sp³-hybridized carbons (Fsp3) is 0.417. The standard InChI is InChI=1S/C24H28F3N5O2/c1-14-6-23(15(2)5-20(14)25)32-10-16(8-29-32)19-7-17(9-28-24(19)27)30-22-3-4-31(12-21(22)26)11-18(34)13-33/h5-10,18,21-22,30,33-34H,3-4,11-13H2,1-2H3. The fourth-order valence-electron chi connectivity index (χ4n) is 4.20. The highest BCUT2D eigenvalue weighted by Crippen LogP contribution is 2.28. The fourth-order valence-corrected chi connectivity index (χ4v) is 4.20. The summed E-state index contributed by atoms with van der Waals surface area (Å²) < 4.78 is 44.7. The van der Waals surface area contributed by atoms with Crippen molar-refractivity contribution in [2.45, 2.75) is 38.6 Å². The van der Waals surface area contributed by atoms with E-state index in [1.807, 2.05) is 0 Å². The molecule has 3 N–H and O–H groups in total. The summed E-state index contributed by atoms with van der Waals surface area (Å²) >= 11 is 0. The first-order valence-corrected chi connectivity index (χ1v) is 11.1. The van der Waals surface area contributed by atoms with Crippen LogP contribution in [0.4, 0.5) is 18.9 Å². The van der Waals surface area contributed by atoms with Crippen LogP contribution >= 0.6 is 0 Å². The Balaban J connectivity index is 1.50. The van der Waals surface area contributed by atoms with Crippen molar-refractivity contribution in [2.75, 3.05) is 31.6 Å². The molecular weight excluding hydrogens is 447 g/mol. The summed E-state index contributed by atoms with van der Waals surface area (Å²) in [6.45, 7) is 3.96. The summed E-state index contributed by atoms with van der Waals surface area (Å²) in [5.74, 6) is -0.981. The molecule has 0 bridgehead atoms. The van der Waals surface area contributed by atoms with Crippen molar-refractivity contribution >= 4 is 5.69 Å². The third kappa shape index (κ3) is 5.24. The summed E-state index contributed by atoms with van der Waals surface area (Å²) in [5.41, 5.74) is 3.04. The van der Waals surface area contributed by atoms with Gasteiger partial charge in [-0.25, -0.2) is 18.4 Å². The molecule has 1 aliphatic rings. The first kappa shape index (κ1) is 24.2. The van der Waals surface area contributed by atoms with Crippen LogP contribution in [0.3, 0.4) is 0 Å². The molecule has 3 aromatic rings. The first-order valence-electron chi connectivity index (χ1n) is 11.1. The van der Waals surface area contributed by atoms with Crippen LogP contribution in [0.5, 0.6) is 0 Å². The predicted octanol–water partition coefficient (Wildman–Crippen LogP) is 3.01. The number of aryl methyl sites for hydroxylation is 2. The number of nitrogens with zero attached hydrogens (tertiary/aromatic N) is 4. The summed E-state index contributed by atoms with van der Waals surface area (Å²) in [6, 6.07) is 4.19. The monoisotopic (exact) mass is 475 g/mol. The van der Waals surface area contributed by atoms with Crippen LogP contribution in [0.1, 0.15) is 17.5 Å². The average molecular weight is 476 g/mol. The van der Waals surface area contributed by atoms with E-state index in [1.54, 1.807) is 41.8 Å². The Labute approximate surface area is 195 Å². The minimum atomic E-state index is -1.21. The number of piperidine rings is 1. The predicted molar refractivity (Wildman–Crippen MR) is 123 cm³/mol. The lowest BCUT2D eigenvalue weighted by molar-refractivity contribution is 0.0365. The van der Waals surface area contributed by atoms with Crippen LogP contribution in [0.15, 0.2) is 36.8 Å². The lowest BCUT2D eigenvalue weighted by Crippen LogP contribution is -2.50. The molecule has 34 heavy (non-hydrogen) atoms. The first-order chi connectivity index (χ1) is 16.2. The normalized spacial score (nSPS) is 19.9. The van der Waals surface area contributed by atoms with E-state index in [2.05, 4.69) is 15.4 Å². The Morgan fingerprint density at radius 3 is 2.71 bits per heavy atom. The Hall–Kier alpha value is -2.95. The van der Waals surface area contributed by atoms with Crippen molar-refractivity contribution in [3.05, 3.63) is 59.7 Å². The molecule has 0 amide bonds. The highest BCUT2D eigenvalue weighted by Gasteiger charge is 2.30. The van der Waals surface area contributed by atoms with Gasteiger partial charge in [0.05, 0.1) is 42.5 Å². The van der Waals surface area contributed by atoms with Gasteiger partial charge in [-0.1, -0.05) is 0 Å². The highest BCUT2D eigenvalue weighted by atomic mass is 19.1. The van der Waals surface area contributed by atoms with Gasteiger partial charge in [0.15, 0.2) is 0 Å². The number of halogens is 3. The van der Waals surface area contributed by atoms with E-state index in [1.165, 1.54) is 18.5 Å². The van der Waals surface area contributed by atoms with Crippen LogP contribution in [-0.4, -0.2) is 74.4 Å². The van der Waals surface area contributed by atoms with Crippen molar-refractivity contribution in [3.63, 3.8) is 0 Å². The number of anilines is 1. The van der Waals surface area contributed by atoms with Crippen molar-refractivity contribution in [1.82, 2.24) is 19.7 Å². The number of alkyl halides is 1. The van der Waals surface area contributed by atoms with Crippen molar-refractivity contribution < 1.29 is 23.4 Å². The number of aromatic nitrogens is 3. The zero-order valence-electron chi connectivity index (χ0n) is 19.0. The number of nitrogens with one attached hydrogen (secondary N) is 1. The molecule has 0 aliphatic carbocycles. The third-order valence-electron chi connectivity index (χ3n) is 6.11. The van der Waals surface area contributed by atoms with E-state index in [0.29, 0.717) is 41.0 Å². The molecule has 10 heteroatoms. The number of aliphatic hydroxyl groups is 2. The molecule has 1 saturated heterocycles. The van der Waals surface area contributed by atoms with E-state index in [4.69, 9.17) is 5.11 Å². The van der Waals surface area contributed by atoms with Gasteiger partial charge in [-0.15, -0.1) is 0 Å². The summed E-state index contributed by atoms with van der Waals surface area (Å²) in [6.07, 6.45) is 2.85. The van der Waals surface area contributed by atoms with E-state index >= 15 is 0 Å². The number of aliphatic hydroxyl groups excluding tert-OH is 2. The second kappa shape index (κ2) is 10.1. The van der Waals surface area contributed by atoms with Gasteiger partial charge in [-0.3, -0.25) is 4.90 Å². The summed E-state index contributed by atoms with van der Waals surface area (Å²) in [5, 5.41) is 26.0. The van der Waals surface area contributed by atoms with Crippen LogP contribution in [0.25, 0.3) is 16.8 Å². The maximum Gasteiger partial charge on any atom is 0.220 e. The molecule has 0 saturated carbocycles. The second-order valence-electron chi connectivity index (χ2n) is 8.78. The Bertz CT molecular complexity index is 1160. The van der Waals surface area contributed by atoms with Crippen LogP contribution < -0.4 is 5.32 Å². The Morgan fingerprint density at radius 2 is 1.97 bits per heavy atom. The Morgan fingerprint density at radius 1 is 1.18 bits per heavy atom. The molecule has 7 nitrogen and oxygen atoms in total. The smallest absolute Gasteiger partial charge is 0.220 e. The van der Waals surface area contributed by atoms with Gasteiger partial charge in [0.1, 0.15) is 12.0 Å². The highest BCUT2D eigenvalue weighted by molar-refractivity contribution is 5.67. The lowest BCUT2D eigenvalue weighted by Gasteiger charge is -2.36. The summed E-state index contributed by atoms with van der Waals surface area (Å²) in [4.78, 5) is 5.60. The molecule has 0 spiro atoms. The molecule has 2 aromatic heterocycles. The van der Waals surface area contributed by atoms with E-state index in [-0.39, 0.29) is 31.1 Å². The topological polar surface area (TPSA) is 86.4 Å². The van der Waals surface area contributed by atoms with Gasteiger partial charge >= 0.3 is 0 Å². The molecule has 1 aliphatic heterocycles. The van der Waals surface area contributed by atoms with E-state index < -0.39 is 24.3 Å². The molecule has 1 aromatic carbocycles. The van der Waals surface area contributed by atoms with Crippen LogP contribution in [0, 0.1) is 25.6 Å². The number of pyridine rings is 1. The number of rotatable bonds is 7. The van der Waals surface area contributed by atoms with E-state index in [0.717, 1.165) is 0 Å². The van der Waals surface area contributed by atoms with Crippen LogP contribution in [-0.2, 0) is 0 Å². The van der Waals surface area contributed by atoms with E-state index in [9.17, 15) is 18.3 Å². The number of benzene rings is 1. The number of β-amino-alcohol motifs (C(OH)–C–C–N with tert-alkyl or cyclic N) is 1. The quantitative estimate of drug-likeness (QED) is 0.456. The minimum Gasteiger partial charge on any atom is -0.394 e. The Kier molecular flexibility index (Phi) is 7.20. The van der Waals surface area contributed by atoms with Gasteiger partial charge in [-0.05, 0) is 49.6 Å². The molecule has 182 valence electrons. The summed E-state index contributed by atoms with van der Waals surface area (Å²) in [7, 11) is 0. The van der Waals surface area contributed by atoms with Crippen molar-refractivity contribution in [3.8, 4) is 16.8 Å². The minimum absolute atomic E-state index is 0.124. The van der Waals surface area contributed by atoms with Gasteiger partial charge in [0, 0.05) is 37.0 Å². The molecule has 3 heterocycles. The average Bonchev–Trinajstić information content (AvgIpc) is 3.29. The largest absolute Gasteiger partial charge is 0.394 e. The number of hydrogen-bond acceptors (Lipinski definition) is 6. The second-order valence-corrected chi connectivity index (χ2v) is 8.78.